The molecule has 8 heteroatoms. The fraction of sp³-hybridized carbons (Fsp3) is 0.357. The number of benzene rings is 1. The van der Waals surface area contributed by atoms with E-state index in [0.717, 1.165) is 11.2 Å². The molecule has 0 N–H and O–H groups in total. The lowest BCUT2D eigenvalue weighted by atomic mass is 10.1. The minimum absolute atomic E-state index is 0.108. The van der Waals surface area contributed by atoms with E-state index in [1.807, 2.05) is 4.90 Å². The molecule has 0 saturated carbocycles. The van der Waals surface area contributed by atoms with Crippen molar-refractivity contribution in [3.05, 3.63) is 41.2 Å². The minimum Gasteiger partial charge on any atom is -0.336 e. The summed E-state index contributed by atoms with van der Waals surface area (Å²) in [6, 6.07) is 3.40. The highest BCUT2D eigenvalue weighted by atomic mass is 32.1. The number of piperazine rings is 1. The fourth-order valence-electron chi connectivity index (χ4n) is 2.31. The van der Waals surface area contributed by atoms with E-state index in [-0.39, 0.29) is 19.0 Å². The third-order valence-corrected chi connectivity index (χ3v) is 4.35. The highest BCUT2D eigenvalue weighted by Gasteiger charge is 2.26. The van der Waals surface area contributed by atoms with E-state index in [1.165, 1.54) is 23.7 Å². The first-order valence-corrected chi connectivity index (χ1v) is 7.57. The second-order valence-corrected chi connectivity index (χ2v) is 5.83. The Bertz CT molecular complexity index is 706. The van der Waals surface area contributed by atoms with Gasteiger partial charge in [-0.25, -0.2) is 13.8 Å². The van der Waals surface area contributed by atoms with Crippen LogP contribution in [0.3, 0.4) is 0 Å². The Kier molecular flexibility index (Phi) is 4.02. The van der Waals surface area contributed by atoms with Crippen molar-refractivity contribution in [3.63, 3.8) is 0 Å². The monoisotopic (exact) mass is 324 g/mol. The summed E-state index contributed by atoms with van der Waals surface area (Å²) >= 11 is 1.26. The van der Waals surface area contributed by atoms with Crippen LogP contribution in [0, 0.1) is 18.6 Å². The number of hydrogen-bond donors (Lipinski definition) is 0. The maximum Gasteiger partial charge on any atom is 0.242 e. The average molecular weight is 324 g/mol. The van der Waals surface area contributed by atoms with Crippen molar-refractivity contribution in [2.75, 3.05) is 24.5 Å². The number of aromatic nitrogens is 2. The van der Waals surface area contributed by atoms with E-state index in [0.29, 0.717) is 24.5 Å². The van der Waals surface area contributed by atoms with Crippen LogP contribution in [0.25, 0.3) is 0 Å². The summed E-state index contributed by atoms with van der Waals surface area (Å²) in [4.78, 5) is 19.9. The van der Waals surface area contributed by atoms with E-state index in [9.17, 15) is 13.6 Å². The van der Waals surface area contributed by atoms with Gasteiger partial charge in [-0.2, -0.15) is 4.37 Å². The number of anilines is 1. The minimum atomic E-state index is -0.630. The molecule has 2 heterocycles. The highest BCUT2D eigenvalue weighted by Crippen LogP contribution is 2.20. The molecule has 1 aliphatic heterocycles. The molecule has 1 aromatic heterocycles. The Hall–Kier alpha value is -2.09. The molecule has 116 valence electrons. The van der Waals surface area contributed by atoms with Gasteiger partial charge in [-0.3, -0.25) is 4.79 Å². The zero-order valence-corrected chi connectivity index (χ0v) is 12.7. The maximum absolute atomic E-state index is 13.7. The lowest BCUT2D eigenvalue weighted by Crippen LogP contribution is -2.50. The zero-order valence-electron chi connectivity index (χ0n) is 11.9. The van der Waals surface area contributed by atoms with Crippen LogP contribution in [0.15, 0.2) is 18.2 Å². The number of nitrogens with zero attached hydrogens (tertiary/aromatic N) is 4. The largest absolute Gasteiger partial charge is 0.336 e. The average Bonchev–Trinajstić information content (AvgIpc) is 2.90. The van der Waals surface area contributed by atoms with Crippen molar-refractivity contribution >= 4 is 22.6 Å². The van der Waals surface area contributed by atoms with E-state index in [2.05, 4.69) is 9.36 Å². The topological polar surface area (TPSA) is 49.3 Å². The Balaban J connectivity index is 1.67. The lowest BCUT2D eigenvalue weighted by Gasteiger charge is -2.34. The molecule has 1 saturated heterocycles. The van der Waals surface area contributed by atoms with Crippen LogP contribution in [0.5, 0.6) is 0 Å². The fourth-order valence-corrected chi connectivity index (χ4v) is 3.01. The standard InChI is InChI=1S/C14H14F2N4OS/c1-9-17-14(22-18-9)20-5-4-19(13(21)8-20)7-10-2-3-11(15)6-12(10)16/h2-3,6H,4-5,7-8H2,1H3. The van der Waals surface area contributed by atoms with Gasteiger partial charge in [-0.15, -0.1) is 0 Å². The number of amides is 1. The van der Waals surface area contributed by atoms with E-state index >= 15 is 0 Å². The molecular formula is C14H14F2N4OS. The molecule has 0 spiro atoms. The molecule has 1 aliphatic rings. The molecular weight excluding hydrogens is 310 g/mol. The second-order valence-electron chi connectivity index (χ2n) is 5.10. The number of hydrogen-bond acceptors (Lipinski definition) is 5. The van der Waals surface area contributed by atoms with Gasteiger partial charge in [0.05, 0.1) is 6.54 Å². The summed E-state index contributed by atoms with van der Waals surface area (Å²) in [6.07, 6.45) is 0. The predicted molar refractivity (Wildman–Crippen MR) is 78.6 cm³/mol. The third kappa shape index (κ3) is 3.06. The van der Waals surface area contributed by atoms with Gasteiger partial charge in [0, 0.05) is 42.8 Å². The molecule has 5 nitrogen and oxygen atoms in total. The summed E-state index contributed by atoms with van der Waals surface area (Å²) in [5, 5.41) is 0.721. The predicted octanol–water partition coefficient (Wildman–Crippen LogP) is 1.97. The number of aryl methyl sites for hydroxylation is 1. The molecule has 0 radical (unpaired) electrons. The van der Waals surface area contributed by atoms with E-state index in [1.54, 1.807) is 11.8 Å². The van der Waals surface area contributed by atoms with Crippen LogP contribution in [0.4, 0.5) is 13.9 Å². The van der Waals surface area contributed by atoms with Gasteiger partial charge in [0.2, 0.25) is 11.0 Å². The van der Waals surface area contributed by atoms with Gasteiger partial charge in [-0.1, -0.05) is 6.07 Å². The number of rotatable bonds is 3. The van der Waals surface area contributed by atoms with Crippen LogP contribution in [0.2, 0.25) is 0 Å². The molecule has 1 amide bonds. The van der Waals surface area contributed by atoms with E-state index in [4.69, 9.17) is 0 Å². The summed E-state index contributed by atoms with van der Waals surface area (Å²) in [6.45, 7) is 3.22. The van der Waals surface area contributed by atoms with Gasteiger partial charge in [0.25, 0.3) is 0 Å². The second kappa shape index (κ2) is 5.96. The van der Waals surface area contributed by atoms with Crippen molar-refractivity contribution in [2.24, 2.45) is 0 Å². The van der Waals surface area contributed by atoms with Crippen LogP contribution in [0.1, 0.15) is 11.4 Å². The van der Waals surface area contributed by atoms with Gasteiger partial charge in [-0.05, 0) is 13.0 Å². The first-order valence-electron chi connectivity index (χ1n) is 6.80. The first kappa shape index (κ1) is 14.8. The summed E-state index contributed by atoms with van der Waals surface area (Å²) in [5.74, 6) is -0.676. The Morgan fingerprint density at radius 2 is 2.14 bits per heavy atom. The number of carbonyl (C=O) groups is 1. The molecule has 0 unspecified atom stereocenters. The lowest BCUT2D eigenvalue weighted by molar-refractivity contribution is -0.131. The zero-order chi connectivity index (χ0) is 15.7. The van der Waals surface area contributed by atoms with Gasteiger partial charge < -0.3 is 9.80 Å². The van der Waals surface area contributed by atoms with E-state index < -0.39 is 11.6 Å². The SMILES string of the molecule is Cc1nsc(N2CCN(Cc3ccc(F)cc3F)C(=O)C2)n1. The van der Waals surface area contributed by atoms with Gasteiger partial charge in [0.1, 0.15) is 17.5 Å². The Morgan fingerprint density at radius 1 is 1.32 bits per heavy atom. The van der Waals surface area contributed by atoms with Crippen LogP contribution in [-0.2, 0) is 11.3 Å². The van der Waals surface area contributed by atoms with Crippen LogP contribution < -0.4 is 4.90 Å². The molecule has 2 aromatic rings. The first-order chi connectivity index (χ1) is 10.5. The Labute approximate surface area is 130 Å². The van der Waals surface area contributed by atoms with Crippen LogP contribution >= 0.6 is 11.5 Å². The highest BCUT2D eigenvalue weighted by molar-refractivity contribution is 7.09. The van der Waals surface area contributed by atoms with Crippen molar-refractivity contribution in [1.82, 2.24) is 14.3 Å². The molecule has 0 aliphatic carbocycles. The molecule has 1 fully saturated rings. The van der Waals surface area contributed by atoms with Crippen LogP contribution in [-0.4, -0.2) is 39.8 Å². The molecule has 22 heavy (non-hydrogen) atoms. The summed E-state index contributed by atoms with van der Waals surface area (Å²) < 4.78 is 30.7. The number of carbonyl (C=O) groups excluding carboxylic acids is 1. The molecule has 3 rings (SSSR count). The summed E-state index contributed by atoms with van der Waals surface area (Å²) in [5.41, 5.74) is 0.315. The third-order valence-electron chi connectivity index (χ3n) is 3.48. The Morgan fingerprint density at radius 3 is 2.77 bits per heavy atom. The quantitative estimate of drug-likeness (QED) is 0.866. The molecule has 0 bridgehead atoms. The smallest absolute Gasteiger partial charge is 0.242 e. The van der Waals surface area contributed by atoms with Crippen molar-refractivity contribution in [2.45, 2.75) is 13.5 Å². The van der Waals surface area contributed by atoms with Gasteiger partial charge in [0.15, 0.2) is 0 Å². The normalized spacial score (nSPS) is 15.5. The van der Waals surface area contributed by atoms with Crippen molar-refractivity contribution < 1.29 is 13.6 Å². The van der Waals surface area contributed by atoms with Crippen molar-refractivity contribution in [3.8, 4) is 0 Å². The summed E-state index contributed by atoms with van der Waals surface area (Å²) in [7, 11) is 0. The van der Waals surface area contributed by atoms with Crippen molar-refractivity contribution in [1.29, 1.82) is 0 Å². The molecule has 1 aromatic carbocycles. The van der Waals surface area contributed by atoms with Gasteiger partial charge >= 0.3 is 0 Å². The maximum atomic E-state index is 13.7. The number of halogens is 2. The molecule has 0 atom stereocenters.